The van der Waals surface area contributed by atoms with Crippen molar-refractivity contribution >= 4 is 39.3 Å². The van der Waals surface area contributed by atoms with Crippen LogP contribution in [0.1, 0.15) is 12.0 Å². The Kier molecular flexibility index (Phi) is 7.22. The second-order valence-corrected chi connectivity index (χ2v) is 9.92. The van der Waals surface area contributed by atoms with Crippen molar-refractivity contribution in [2.45, 2.75) is 12.8 Å². The van der Waals surface area contributed by atoms with Gasteiger partial charge < -0.3 is 9.80 Å². The van der Waals surface area contributed by atoms with Crippen molar-refractivity contribution in [2.24, 2.45) is 0 Å². The molecule has 1 aromatic carbocycles. The van der Waals surface area contributed by atoms with E-state index in [1.54, 1.807) is 15.3 Å². The lowest BCUT2D eigenvalue weighted by Crippen LogP contribution is -2.57. The normalized spacial score (nSPS) is 20.5. The monoisotopic (exact) mass is 448 g/mol. The van der Waals surface area contributed by atoms with E-state index in [0.29, 0.717) is 62.2 Å². The molecule has 0 aromatic heterocycles. The number of carbonyl (C=O) groups excluding carboxylic acids is 1. The zero-order chi connectivity index (χ0) is 20.3. The Labute approximate surface area is 177 Å². The van der Waals surface area contributed by atoms with Crippen molar-refractivity contribution in [3.8, 4) is 0 Å². The van der Waals surface area contributed by atoms with E-state index in [0.717, 1.165) is 18.7 Å². The minimum atomic E-state index is -3.45. The molecule has 0 N–H and O–H groups in total. The van der Waals surface area contributed by atoms with Gasteiger partial charge in [0.15, 0.2) is 0 Å². The number of amides is 1. The van der Waals surface area contributed by atoms with Crippen molar-refractivity contribution in [3.63, 3.8) is 0 Å². The first-order valence-electron chi connectivity index (χ1n) is 9.43. The van der Waals surface area contributed by atoms with Crippen LogP contribution in [0.25, 0.3) is 0 Å². The molecule has 1 aromatic rings. The van der Waals surface area contributed by atoms with Gasteiger partial charge in [0.2, 0.25) is 5.91 Å². The van der Waals surface area contributed by atoms with Gasteiger partial charge in [-0.25, -0.2) is 0 Å². The average molecular weight is 449 g/mol. The van der Waals surface area contributed by atoms with Crippen molar-refractivity contribution in [2.75, 3.05) is 59.4 Å². The number of carbonyl (C=O) groups is 1. The highest BCUT2D eigenvalue weighted by Gasteiger charge is 2.34. The van der Waals surface area contributed by atoms with Gasteiger partial charge >= 0.3 is 0 Å². The van der Waals surface area contributed by atoms with Crippen molar-refractivity contribution in [1.82, 2.24) is 18.4 Å². The van der Waals surface area contributed by atoms with Gasteiger partial charge in [0.05, 0.1) is 10.0 Å². The van der Waals surface area contributed by atoms with Gasteiger partial charge in [-0.05, 0) is 25.1 Å². The highest BCUT2D eigenvalue weighted by molar-refractivity contribution is 7.86. The second-order valence-electron chi connectivity index (χ2n) is 7.20. The Bertz CT molecular complexity index is 805. The van der Waals surface area contributed by atoms with E-state index in [2.05, 4.69) is 4.90 Å². The molecule has 2 saturated heterocycles. The summed E-state index contributed by atoms with van der Waals surface area (Å²) in [5.74, 6) is 0.00712. The number of aryl methyl sites for hydroxylation is 1. The first-order valence-corrected chi connectivity index (χ1v) is 11.6. The van der Waals surface area contributed by atoms with Crippen LogP contribution in [0.2, 0.25) is 10.0 Å². The summed E-state index contributed by atoms with van der Waals surface area (Å²) in [6, 6.07) is 5.40. The SMILES string of the molecule is CN1CCN(S(=O)(=O)N2CCN(C(=O)CCc3cccc(Cl)c3Cl)CC2)CC1. The lowest BCUT2D eigenvalue weighted by atomic mass is 10.1. The summed E-state index contributed by atoms with van der Waals surface area (Å²) in [6.07, 6.45) is 0.837. The molecule has 2 aliphatic heterocycles. The van der Waals surface area contributed by atoms with E-state index in [1.807, 2.05) is 19.2 Å². The maximum Gasteiger partial charge on any atom is 0.282 e. The molecule has 2 heterocycles. The molecule has 0 bridgehead atoms. The van der Waals surface area contributed by atoms with Crippen LogP contribution in [0.5, 0.6) is 0 Å². The van der Waals surface area contributed by atoms with E-state index < -0.39 is 10.2 Å². The number of nitrogens with zero attached hydrogens (tertiary/aromatic N) is 4. The highest BCUT2D eigenvalue weighted by atomic mass is 35.5. The van der Waals surface area contributed by atoms with E-state index in [1.165, 1.54) is 4.31 Å². The van der Waals surface area contributed by atoms with Gasteiger partial charge in [0.25, 0.3) is 10.2 Å². The van der Waals surface area contributed by atoms with Crippen molar-refractivity contribution < 1.29 is 13.2 Å². The number of halogens is 2. The van der Waals surface area contributed by atoms with Crippen LogP contribution < -0.4 is 0 Å². The van der Waals surface area contributed by atoms with Gasteiger partial charge in [0.1, 0.15) is 0 Å². The van der Waals surface area contributed by atoms with Crippen LogP contribution in [0.4, 0.5) is 0 Å². The third kappa shape index (κ3) is 4.98. The van der Waals surface area contributed by atoms with Crippen LogP contribution in [0.3, 0.4) is 0 Å². The van der Waals surface area contributed by atoms with Gasteiger partial charge in [0, 0.05) is 58.8 Å². The lowest BCUT2D eigenvalue weighted by molar-refractivity contribution is -0.132. The van der Waals surface area contributed by atoms with E-state index in [9.17, 15) is 13.2 Å². The molecule has 1 amide bonds. The van der Waals surface area contributed by atoms with Gasteiger partial charge in [-0.3, -0.25) is 4.79 Å². The summed E-state index contributed by atoms with van der Waals surface area (Å²) in [5, 5.41) is 0.967. The van der Waals surface area contributed by atoms with E-state index >= 15 is 0 Å². The standard InChI is InChI=1S/C18H26Cl2N4O3S/c1-21-7-11-23(12-8-21)28(26,27)24-13-9-22(10-14-24)17(25)6-5-15-3-2-4-16(19)18(15)20/h2-4H,5-14H2,1H3. The molecule has 0 saturated carbocycles. The van der Waals surface area contributed by atoms with Crippen LogP contribution >= 0.6 is 23.2 Å². The number of hydrogen-bond donors (Lipinski definition) is 0. The Balaban J connectivity index is 1.50. The van der Waals surface area contributed by atoms with E-state index in [4.69, 9.17) is 23.2 Å². The molecule has 0 aliphatic carbocycles. The first kappa shape index (κ1) is 21.8. The van der Waals surface area contributed by atoms with Crippen LogP contribution in [-0.2, 0) is 21.4 Å². The zero-order valence-corrected chi connectivity index (χ0v) is 18.3. The molecule has 156 valence electrons. The molecule has 10 heteroatoms. The molecule has 28 heavy (non-hydrogen) atoms. The molecule has 0 radical (unpaired) electrons. The third-order valence-electron chi connectivity index (χ3n) is 5.35. The largest absolute Gasteiger partial charge is 0.340 e. The summed E-state index contributed by atoms with van der Waals surface area (Å²) in [4.78, 5) is 16.4. The summed E-state index contributed by atoms with van der Waals surface area (Å²) < 4.78 is 28.7. The molecule has 7 nitrogen and oxygen atoms in total. The Morgan fingerprint density at radius 1 is 0.964 bits per heavy atom. The third-order valence-corrected chi connectivity index (χ3v) is 8.24. The first-order chi connectivity index (χ1) is 13.3. The lowest BCUT2D eigenvalue weighted by Gasteiger charge is -2.39. The Hall–Kier alpha value is -0.900. The molecule has 0 atom stereocenters. The predicted molar refractivity (Wildman–Crippen MR) is 111 cm³/mol. The predicted octanol–water partition coefficient (Wildman–Crippen LogP) is 1.56. The van der Waals surface area contributed by atoms with Crippen LogP contribution in [0, 0.1) is 0 Å². The summed E-state index contributed by atoms with van der Waals surface area (Å²) >= 11 is 12.2. The minimum Gasteiger partial charge on any atom is -0.340 e. The van der Waals surface area contributed by atoms with E-state index in [-0.39, 0.29) is 5.91 Å². The van der Waals surface area contributed by atoms with Crippen molar-refractivity contribution in [3.05, 3.63) is 33.8 Å². The fourth-order valence-corrected chi connectivity index (χ4v) is 5.48. The number of rotatable bonds is 5. The maximum absolute atomic E-state index is 12.8. The molecular weight excluding hydrogens is 423 g/mol. The minimum absolute atomic E-state index is 0.00712. The zero-order valence-electron chi connectivity index (χ0n) is 16.0. The molecular formula is C18H26Cl2N4O3S. The highest BCUT2D eigenvalue weighted by Crippen LogP contribution is 2.26. The van der Waals surface area contributed by atoms with Crippen LogP contribution in [0.15, 0.2) is 18.2 Å². The number of hydrogen-bond acceptors (Lipinski definition) is 4. The number of likely N-dealkylation sites (N-methyl/N-ethyl adjacent to an activating group) is 1. The van der Waals surface area contributed by atoms with Crippen molar-refractivity contribution in [1.29, 1.82) is 0 Å². The Morgan fingerprint density at radius 2 is 1.54 bits per heavy atom. The maximum atomic E-state index is 12.8. The average Bonchev–Trinajstić information content (AvgIpc) is 2.69. The topological polar surface area (TPSA) is 64.2 Å². The van der Waals surface area contributed by atoms with Crippen LogP contribution in [-0.4, -0.2) is 92.1 Å². The Morgan fingerprint density at radius 3 is 2.14 bits per heavy atom. The molecule has 2 fully saturated rings. The van der Waals surface area contributed by atoms with Gasteiger partial charge in [-0.15, -0.1) is 0 Å². The molecule has 2 aliphatic rings. The molecule has 0 spiro atoms. The van der Waals surface area contributed by atoms with Gasteiger partial charge in [-0.2, -0.15) is 17.0 Å². The quantitative estimate of drug-likeness (QED) is 0.685. The second kappa shape index (κ2) is 9.28. The number of piperazine rings is 2. The van der Waals surface area contributed by atoms with Gasteiger partial charge in [-0.1, -0.05) is 35.3 Å². The molecule has 0 unspecified atom stereocenters. The summed E-state index contributed by atoms with van der Waals surface area (Å²) in [5.41, 5.74) is 0.846. The fraction of sp³-hybridized carbons (Fsp3) is 0.611. The number of benzene rings is 1. The smallest absolute Gasteiger partial charge is 0.282 e. The summed E-state index contributed by atoms with van der Waals surface area (Å²) in [7, 11) is -1.46. The fourth-order valence-electron chi connectivity index (χ4n) is 3.49. The summed E-state index contributed by atoms with van der Waals surface area (Å²) in [6.45, 7) is 3.99. The molecule has 3 rings (SSSR count).